The number of oxazole rings is 1. The summed E-state index contributed by atoms with van der Waals surface area (Å²) in [6.45, 7) is 1.51. The molecule has 0 aliphatic rings. The fraction of sp³-hybridized carbons (Fsp3) is 0.150. The first-order valence-corrected chi connectivity index (χ1v) is 8.41. The number of benzene rings is 2. The summed E-state index contributed by atoms with van der Waals surface area (Å²) >= 11 is 0. The molecule has 0 radical (unpaired) electrons. The molecule has 2 aromatic carbocycles. The highest BCUT2D eigenvalue weighted by Crippen LogP contribution is 2.20. The van der Waals surface area contributed by atoms with Crippen LogP contribution in [0.5, 0.6) is 0 Å². The van der Waals surface area contributed by atoms with Crippen molar-refractivity contribution < 1.29 is 18.5 Å². The summed E-state index contributed by atoms with van der Waals surface area (Å²) in [4.78, 5) is 24.5. The van der Waals surface area contributed by atoms with Gasteiger partial charge in [0.1, 0.15) is 11.7 Å². The lowest BCUT2D eigenvalue weighted by molar-refractivity contribution is -0.149. The Morgan fingerprint density at radius 2 is 1.89 bits per heavy atom. The third-order valence-electron chi connectivity index (χ3n) is 4.23. The molecule has 4 aromatic rings. The van der Waals surface area contributed by atoms with E-state index in [9.17, 15) is 9.59 Å². The van der Waals surface area contributed by atoms with Crippen molar-refractivity contribution in [1.29, 1.82) is 0 Å². The Hall–Kier alpha value is -3.61. The molecule has 136 valence electrons. The zero-order valence-electron chi connectivity index (χ0n) is 14.5. The molecule has 0 aliphatic carbocycles. The van der Waals surface area contributed by atoms with Crippen LogP contribution in [0.25, 0.3) is 22.4 Å². The van der Waals surface area contributed by atoms with Gasteiger partial charge >= 0.3 is 11.7 Å². The predicted molar refractivity (Wildman–Crippen MR) is 96.9 cm³/mol. The summed E-state index contributed by atoms with van der Waals surface area (Å²) in [7, 11) is 0. The first kappa shape index (κ1) is 16.8. The van der Waals surface area contributed by atoms with Crippen LogP contribution in [0.4, 0.5) is 0 Å². The molecular formula is C20H16N2O5. The number of hydrogen-bond acceptors (Lipinski definition) is 6. The van der Waals surface area contributed by atoms with Gasteiger partial charge in [0, 0.05) is 11.6 Å². The van der Waals surface area contributed by atoms with Gasteiger partial charge in [-0.05, 0) is 19.1 Å². The molecule has 2 heterocycles. The van der Waals surface area contributed by atoms with Crippen LogP contribution in [0.15, 0.2) is 74.4 Å². The monoisotopic (exact) mass is 364 g/mol. The maximum absolute atomic E-state index is 12.4. The van der Waals surface area contributed by atoms with Crippen LogP contribution >= 0.6 is 0 Å². The van der Waals surface area contributed by atoms with E-state index in [2.05, 4.69) is 5.16 Å². The second-order valence-electron chi connectivity index (χ2n) is 6.03. The second kappa shape index (κ2) is 6.95. The van der Waals surface area contributed by atoms with Crippen molar-refractivity contribution in [3.8, 4) is 11.3 Å². The van der Waals surface area contributed by atoms with E-state index in [-0.39, 0.29) is 6.61 Å². The largest absolute Gasteiger partial charge is 0.456 e. The van der Waals surface area contributed by atoms with Crippen molar-refractivity contribution in [2.24, 2.45) is 0 Å². The molecule has 1 unspecified atom stereocenters. The lowest BCUT2D eigenvalue weighted by Gasteiger charge is -2.11. The highest BCUT2D eigenvalue weighted by Gasteiger charge is 2.23. The fourth-order valence-corrected chi connectivity index (χ4v) is 2.85. The molecule has 0 N–H and O–H groups in total. The predicted octanol–water partition coefficient (Wildman–Crippen LogP) is 3.55. The van der Waals surface area contributed by atoms with E-state index in [1.807, 2.05) is 30.3 Å². The Labute approximate surface area is 153 Å². The number of esters is 1. The van der Waals surface area contributed by atoms with Crippen molar-refractivity contribution >= 4 is 17.1 Å². The smallest absolute Gasteiger partial charge is 0.420 e. The maximum Gasteiger partial charge on any atom is 0.420 e. The van der Waals surface area contributed by atoms with Gasteiger partial charge < -0.3 is 13.7 Å². The Morgan fingerprint density at radius 3 is 2.70 bits per heavy atom. The van der Waals surface area contributed by atoms with Crippen molar-refractivity contribution in [3.63, 3.8) is 0 Å². The van der Waals surface area contributed by atoms with Crippen molar-refractivity contribution in [2.45, 2.75) is 19.6 Å². The van der Waals surface area contributed by atoms with Crippen LogP contribution in [0.2, 0.25) is 0 Å². The number of para-hydroxylation sites is 2. The van der Waals surface area contributed by atoms with Crippen LogP contribution in [-0.4, -0.2) is 15.7 Å². The van der Waals surface area contributed by atoms with Gasteiger partial charge in [-0.15, -0.1) is 0 Å². The number of carbonyl (C=O) groups excluding carboxylic acids is 1. The average Bonchev–Trinajstić information content (AvgIpc) is 3.30. The lowest BCUT2D eigenvalue weighted by Crippen LogP contribution is -2.26. The molecular weight excluding hydrogens is 348 g/mol. The minimum absolute atomic E-state index is 0.0759. The summed E-state index contributed by atoms with van der Waals surface area (Å²) in [5, 5.41) is 3.98. The number of ether oxygens (including phenoxy) is 1. The Balaban J connectivity index is 1.47. The third kappa shape index (κ3) is 3.27. The first-order chi connectivity index (χ1) is 13.1. The molecule has 0 amide bonds. The molecule has 0 spiro atoms. The van der Waals surface area contributed by atoms with Gasteiger partial charge in [0.15, 0.2) is 18.0 Å². The van der Waals surface area contributed by atoms with E-state index in [0.29, 0.717) is 22.6 Å². The van der Waals surface area contributed by atoms with E-state index in [0.717, 1.165) is 5.56 Å². The Kier molecular flexibility index (Phi) is 4.33. The van der Waals surface area contributed by atoms with E-state index < -0.39 is 17.8 Å². The van der Waals surface area contributed by atoms with Gasteiger partial charge in [0.2, 0.25) is 0 Å². The van der Waals surface area contributed by atoms with Gasteiger partial charge in [0.25, 0.3) is 0 Å². The van der Waals surface area contributed by atoms with Crippen LogP contribution in [0.1, 0.15) is 18.7 Å². The molecule has 0 saturated heterocycles. The molecule has 7 nitrogen and oxygen atoms in total. The van der Waals surface area contributed by atoms with E-state index in [1.165, 1.54) is 4.57 Å². The van der Waals surface area contributed by atoms with Gasteiger partial charge in [-0.1, -0.05) is 47.6 Å². The average molecular weight is 364 g/mol. The maximum atomic E-state index is 12.4. The fourth-order valence-electron chi connectivity index (χ4n) is 2.85. The summed E-state index contributed by atoms with van der Waals surface area (Å²) in [6.07, 6.45) is 0. The lowest BCUT2D eigenvalue weighted by atomic mass is 10.1. The van der Waals surface area contributed by atoms with Crippen LogP contribution in [0.3, 0.4) is 0 Å². The molecule has 0 bridgehead atoms. The van der Waals surface area contributed by atoms with Crippen molar-refractivity contribution in [2.75, 3.05) is 0 Å². The second-order valence-corrected chi connectivity index (χ2v) is 6.03. The molecule has 2 aromatic heterocycles. The minimum atomic E-state index is -0.835. The highest BCUT2D eigenvalue weighted by molar-refractivity contribution is 5.79. The molecule has 0 saturated carbocycles. The van der Waals surface area contributed by atoms with Crippen LogP contribution in [0, 0.1) is 0 Å². The molecule has 7 heteroatoms. The number of nitrogens with zero attached hydrogens (tertiary/aromatic N) is 2. The highest BCUT2D eigenvalue weighted by atomic mass is 16.6. The van der Waals surface area contributed by atoms with E-state index in [1.54, 1.807) is 37.3 Å². The molecule has 0 aliphatic heterocycles. The molecule has 1 atom stereocenters. The molecule has 4 rings (SSSR count). The normalized spacial score (nSPS) is 12.2. The molecule has 27 heavy (non-hydrogen) atoms. The number of hydrogen-bond donors (Lipinski definition) is 0. The quantitative estimate of drug-likeness (QED) is 0.503. The topological polar surface area (TPSA) is 87.5 Å². The van der Waals surface area contributed by atoms with Crippen LogP contribution < -0.4 is 5.76 Å². The van der Waals surface area contributed by atoms with Gasteiger partial charge in [-0.3, -0.25) is 4.57 Å². The van der Waals surface area contributed by atoms with Crippen molar-refractivity contribution in [3.05, 3.63) is 77.0 Å². The Bertz CT molecular complexity index is 1140. The zero-order valence-corrected chi connectivity index (χ0v) is 14.5. The zero-order chi connectivity index (χ0) is 18.8. The van der Waals surface area contributed by atoms with Gasteiger partial charge in [0.05, 0.1) is 5.52 Å². The molecule has 0 fully saturated rings. The number of carbonyl (C=O) groups is 1. The number of fused-ring (bicyclic) bond motifs is 1. The first-order valence-electron chi connectivity index (χ1n) is 8.41. The van der Waals surface area contributed by atoms with E-state index >= 15 is 0 Å². The standard InChI is InChI=1S/C20H16N2O5/c1-13(22-17-9-5-6-10-18(17)26-20(22)24)19(23)25-12-15-11-16(21-27-15)14-7-3-2-4-8-14/h2-11,13H,12H2,1H3. The summed E-state index contributed by atoms with van der Waals surface area (Å²) < 4.78 is 16.9. The van der Waals surface area contributed by atoms with Crippen LogP contribution in [-0.2, 0) is 16.1 Å². The summed E-state index contributed by atoms with van der Waals surface area (Å²) in [5.41, 5.74) is 2.53. The minimum Gasteiger partial charge on any atom is -0.456 e. The van der Waals surface area contributed by atoms with Gasteiger partial charge in [-0.25, -0.2) is 9.59 Å². The Morgan fingerprint density at radius 1 is 1.15 bits per heavy atom. The number of rotatable bonds is 5. The van der Waals surface area contributed by atoms with E-state index in [4.69, 9.17) is 13.7 Å². The SMILES string of the molecule is CC(C(=O)OCc1cc(-c2ccccc2)no1)n1c(=O)oc2ccccc21. The summed E-state index contributed by atoms with van der Waals surface area (Å²) in [6, 6.07) is 17.3. The number of aromatic nitrogens is 2. The van der Waals surface area contributed by atoms with Crippen molar-refractivity contribution in [1.82, 2.24) is 9.72 Å². The summed E-state index contributed by atoms with van der Waals surface area (Å²) in [5.74, 6) is -0.758. The third-order valence-corrected chi connectivity index (χ3v) is 4.23. The van der Waals surface area contributed by atoms with Gasteiger partial charge in [-0.2, -0.15) is 0 Å².